The summed E-state index contributed by atoms with van der Waals surface area (Å²) in [7, 11) is 0. The summed E-state index contributed by atoms with van der Waals surface area (Å²) in [6.07, 6.45) is 0. The molecule has 1 saturated heterocycles. The SMILES string of the molecule is CCn1c(=O)c(=O)[nH]c2cc(C(=O)Nc3ccc(CN4CCSCC4)cc3C)ccc21. The van der Waals surface area contributed by atoms with E-state index in [1.165, 1.54) is 21.6 Å². The lowest BCUT2D eigenvalue weighted by Crippen LogP contribution is -2.36. The van der Waals surface area contributed by atoms with Crippen LogP contribution in [0.5, 0.6) is 0 Å². The first kappa shape index (κ1) is 21.4. The van der Waals surface area contributed by atoms with E-state index in [1.54, 1.807) is 25.1 Å². The Morgan fingerprint density at radius 3 is 2.61 bits per heavy atom. The zero-order chi connectivity index (χ0) is 22.0. The van der Waals surface area contributed by atoms with Crippen molar-refractivity contribution in [1.29, 1.82) is 0 Å². The standard InChI is InChI=1S/C23H26N4O3S/c1-3-27-20-7-5-17(13-19(20)25-22(29)23(27)30)21(28)24-18-6-4-16(12-15(18)2)14-26-8-10-31-11-9-26/h4-7,12-13H,3,8-11,14H2,1-2H3,(H,24,28)(H,25,29). The summed E-state index contributed by atoms with van der Waals surface area (Å²) in [6.45, 7) is 7.32. The third-order valence-electron chi connectivity index (χ3n) is 5.60. The van der Waals surface area contributed by atoms with Crippen molar-refractivity contribution in [3.05, 3.63) is 73.8 Å². The second-order valence-electron chi connectivity index (χ2n) is 7.73. The van der Waals surface area contributed by atoms with Crippen molar-refractivity contribution in [2.24, 2.45) is 0 Å². The molecule has 1 aliphatic rings. The van der Waals surface area contributed by atoms with Gasteiger partial charge in [0.05, 0.1) is 11.0 Å². The Balaban J connectivity index is 1.53. The zero-order valence-corrected chi connectivity index (χ0v) is 18.6. The molecule has 0 unspecified atom stereocenters. The number of fused-ring (bicyclic) bond motifs is 1. The smallest absolute Gasteiger partial charge is 0.316 e. The van der Waals surface area contributed by atoms with Gasteiger partial charge in [0, 0.05) is 48.9 Å². The van der Waals surface area contributed by atoms with Gasteiger partial charge >= 0.3 is 11.1 Å². The molecule has 7 nitrogen and oxygen atoms in total. The molecule has 2 aromatic carbocycles. The molecule has 1 fully saturated rings. The van der Waals surface area contributed by atoms with E-state index >= 15 is 0 Å². The molecule has 0 radical (unpaired) electrons. The van der Waals surface area contributed by atoms with Gasteiger partial charge in [-0.05, 0) is 49.2 Å². The monoisotopic (exact) mass is 438 g/mol. The average Bonchev–Trinajstić information content (AvgIpc) is 2.77. The van der Waals surface area contributed by atoms with Crippen LogP contribution in [0.15, 0.2) is 46.0 Å². The lowest BCUT2D eigenvalue weighted by molar-refractivity contribution is 0.102. The van der Waals surface area contributed by atoms with E-state index in [2.05, 4.69) is 27.3 Å². The lowest BCUT2D eigenvalue weighted by Gasteiger charge is -2.26. The number of aromatic amines is 1. The minimum absolute atomic E-state index is 0.263. The van der Waals surface area contributed by atoms with Crippen LogP contribution in [0.25, 0.3) is 11.0 Å². The van der Waals surface area contributed by atoms with Crippen molar-refractivity contribution < 1.29 is 4.79 Å². The molecule has 0 saturated carbocycles. The highest BCUT2D eigenvalue weighted by Crippen LogP contribution is 2.21. The van der Waals surface area contributed by atoms with Gasteiger partial charge in [-0.1, -0.05) is 12.1 Å². The van der Waals surface area contributed by atoms with Gasteiger partial charge in [-0.15, -0.1) is 0 Å². The van der Waals surface area contributed by atoms with E-state index in [0.717, 1.165) is 30.9 Å². The van der Waals surface area contributed by atoms with Crippen LogP contribution in [0.4, 0.5) is 5.69 Å². The van der Waals surface area contributed by atoms with Crippen LogP contribution in [-0.2, 0) is 13.1 Å². The maximum absolute atomic E-state index is 12.8. The molecule has 0 aliphatic carbocycles. The largest absolute Gasteiger partial charge is 0.322 e. The number of rotatable bonds is 5. The number of hydrogen-bond acceptors (Lipinski definition) is 5. The summed E-state index contributed by atoms with van der Waals surface area (Å²) in [4.78, 5) is 41.8. The highest BCUT2D eigenvalue weighted by atomic mass is 32.2. The van der Waals surface area contributed by atoms with Gasteiger partial charge in [-0.2, -0.15) is 11.8 Å². The topological polar surface area (TPSA) is 87.2 Å². The molecule has 0 atom stereocenters. The molecule has 0 bridgehead atoms. The lowest BCUT2D eigenvalue weighted by atomic mass is 10.1. The summed E-state index contributed by atoms with van der Waals surface area (Å²) in [6, 6.07) is 11.1. The maximum Gasteiger partial charge on any atom is 0.316 e. The first-order chi connectivity index (χ1) is 15.0. The first-order valence-corrected chi connectivity index (χ1v) is 11.6. The molecule has 1 aliphatic heterocycles. The number of carbonyl (C=O) groups is 1. The van der Waals surface area contributed by atoms with E-state index in [4.69, 9.17) is 0 Å². The predicted octanol–water partition coefficient (Wildman–Crippen LogP) is 2.82. The van der Waals surface area contributed by atoms with Crippen LogP contribution in [0.2, 0.25) is 0 Å². The van der Waals surface area contributed by atoms with Crippen LogP contribution in [-0.4, -0.2) is 45.0 Å². The van der Waals surface area contributed by atoms with Crippen LogP contribution in [0.3, 0.4) is 0 Å². The number of aromatic nitrogens is 2. The van der Waals surface area contributed by atoms with Gasteiger partial charge in [-0.25, -0.2) is 0 Å². The molecule has 31 heavy (non-hydrogen) atoms. The molecule has 2 N–H and O–H groups in total. The number of amides is 1. The molecular formula is C23H26N4O3S. The average molecular weight is 439 g/mol. The summed E-state index contributed by atoms with van der Waals surface area (Å²) in [5.74, 6) is 2.10. The maximum atomic E-state index is 12.8. The van der Waals surface area contributed by atoms with Crippen molar-refractivity contribution in [2.45, 2.75) is 26.9 Å². The number of carbonyl (C=O) groups excluding carboxylic acids is 1. The van der Waals surface area contributed by atoms with Crippen LogP contribution >= 0.6 is 11.8 Å². The second-order valence-corrected chi connectivity index (χ2v) is 8.95. The van der Waals surface area contributed by atoms with Gasteiger partial charge in [-0.3, -0.25) is 19.3 Å². The number of hydrogen-bond donors (Lipinski definition) is 2. The Labute approximate surface area is 184 Å². The van der Waals surface area contributed by atoms with E-state index < -0.39 is 11.1 Å². The predicted molar refractivity (Wildman–Crippen MR) is 126 cm³/mol. The summed E-state index contributed by atoms with van der Waals surface area (Å²) in [5, 5.41) is 2.96. The number of nitrogens with zero attached hydrogens (tertiary/aromatic N) is 2. The summed E-state index contributed by atoms with van der Waals surface area (Å²) < 4.78 is 1.40. The van der Waals surface area contributed by atoms with Crippen molar-refractivity contribution >= 4 is 34.4 Å². The van der Waals surface area contributed by atoms with Crippen molar-refractivity contribution in [1.82, 2.24) is 14.5 Å². The highest BCUT2D eigenvalue weighted by molar-refractivity contribution is 7.99. The van der Waals surface area contributed by atoms with Gasteiger partial charge in [0.25, 0.3) is 5.91 Å². The first-order valence-electron chi connectivity index (χ1n) is 10.4. The third kappa shape index (κ3) is 4.60. The van der Waals surface area contributed by atoms with E-state index in [9.17, 15) is 14.4 Å². The van der Waals surface area contributed by atoms with Crippen LogP contribution in [0, 0.1) is 6.92 Å². The van der Waals surface area contributed by atoms with Crippen LogP contribution in [0.1, 0.15) is 28.4 Å². The quantitative estimate of drug-likeness (QED) is 0.598. The van der Waals surface area contributed by atoms with Crippen molar-refractivity contribution in [3.63, 3.8) is 0 Å². The molecule has 3 aromatic rings. The minimum Gasteiger partial charge on any atom is -0.322 e. The van der Waals surface area contributed by atoms with Gasteiger partial charge < -0.3 is 14.9 Å². The molecule has 162 valence electrons. The van der Waals surface area contributed by atoms with Gasteiger partial charge in [0.1, 0.15) is 0 Å². The number of H-pyrrole nitrogens is 1. The molecule has 1 aromatic heterocycles. The summed E-state index contributed by atoms with van der Waals surface area (Å²) >= 11 is 2.00. The number of thioether (sulfide) groups is 1. The Hall–Kier alpha value is -2.84. The van der Waals surface area contributed by atoms with Gasteiger partial charge in [0.15, 0.2) is 0 Å². The summed E-state index contributed by atoms with van der Waals surface area (Å²) in [5.41, 5.74) is 3.20. The zero-order valence-electron chi connectivity index (χ0n) is 17.7. The van der Waals surface area contributed by atoms with E-state index in [0.29, 0.717) is 23.1 Å². The third-order valence-corrected chi connectivity index (χ3v) is 6.54. The normalized spacial score (nSPS) is 14.6. The van der Waals surface area contributed by atoms with E-state index in [1.807, 2.05) is 24.8 Å². The fourth-order valence-corrected chi connectivity index (χ4v) is 4.89. The molecule has 8 heteroatoms. The number of benzene rings is 2. The minimum atomic E-state index is -0.689. The fourth-order valence-electron chi connectivity index (χ4n) is 3.91. The Morgan fingerprint density at radius 2 is 1.90 bits per heavy atom. The molecule has 4 rings (SSSR count). The van der Waals surface area contributed by atoms with Crippen LogP contribution < -0.4 is 16.4 Å². The Morgan fingerprint density at radius 1 is 1.13 bits per heavy atom. The molecule has 2 heterocycles. The number of anilines is 1. The van der Waals surface area contributed by atoms with Crippen molar-refractivity contribution in [2.75, 3.05) is 29.9 Å². The second kappa shape index (κ2) is 9.11. The Kier molecular flexibility index (Phi) is 6.29. The molecule has 1 amide bonds. The molecular weight excluding hydrogens is 412 g/mol. The van der Waals surface area contributed by atoms with E-state index in [-0.39, 0.29) is 5.91 Å². The van der Waals surface area contributed by atoms with Crippen molar-refractivity contribution in [3.8, 4) is 0 Å². The van der Waals surface area contributed by atoms with Gasteiger partial charge in [0.2, 0.25) is 0 Å². The Bertz CT molecular complexity index is 1240. The number of aryl methyl sites for hydroxylation is 2. The fraction of sp³-hybridized carbons (Fsp3) is 0.348. The number of nitrogens with one attached hydrogen (secondary N) is 2. The molecule has 0 spiro atoms. The highest BCUT2D eigenvalue weighted by Gasteiger charge is 2.14.